The summed E-state index contributed by atoms with van der Waals surface area (Å²) >= 11 is 0. The first-order valence-electron chi connectivity index (χ1n) is 11.0. The van der Waals surface area contributed by atoms with E-state index in [0.29, 0.717) is 23.2 Å². The predicted octanol–water partition coefficient (Wildman–Crippen LogP) is 4.22. The van der Waals surface area contributed by atoms with Crippen LogP contribution in [0.1, 0.15) is 50.0 Å². The van der Waals surface area contributed by atoms with Crippen molar-refractivity contribution in [3.05, 3.63) is 54.0 Å². The highest BCUT2D eigenvalue weighted by Gasteiger charge is 2.24. The summed E-state index contributed by atoms with van der Waals surface area (Å²) in [5.41, 5.74) is 2.88. The van der Waals surface area contributed by atoms with E-state index in [4.69, 9.17) is 4.74 Å². The second-order valence-corrected chi connectivity index (χ2v) is 8.42. The maximum absolute atomic E-state index is 12.6. The number of benzene rings is 1. The molecule has 9 heteroatoms. The molecule has 32 heavy (non-hydrogen) atoms. The lowest BCUT2D eigenvalue weighted by molar-refractivity contribution is 0.172. The van der Waals surface area contributed by atoms with Gasteiger partial charge in [-0.1, -0.05) is 26.0 Å². The number of para-hydroxylation sites is 2. The fourth-order valence-electron chi connectivity index (χ4n) is 4.04. The van der Waals surface area contributed by atoms with E-state index < -0.39 is 0 Å². The summed E-state index contributed by atoms with van der Waals surface area (Å²) in [6.45, 7) is 7.11. The van der Waals surface area contributed by atoms with Crippen LogP contribution in [0.4, 0.5) is 16.3 Å². The van der Waals surface area contributed by atoms with E-state index in [9.17, 15) is 4.79 Å². The molecule has 9 nitrogen and oxygen atoms in total. The second-order valence-electron chi connectivity index (χ2n) is 8.42. The molecule has 4 rings (SSSR count). The molecule has 0 aliphatic carbocycles. The fourth-order valence-corrected chi connectivity index (χ4v) is 4.04. The van der Waals surface area contributed by atoms with Crippen LogP contribution in [0.3, 0.4) is 0 Å². The molecule has 1 aromatic carbocycles. The SMILES string of the molecule is COc1ccccc1NC(=O)Nc1ccnn1C1CCN(Cc2cc(C(C)C)n[nH]2)CC1. The van der Waals surface area contributed by atoms with Crippen LogP contribution in [0.15, 0.2) is 42.6 Å². The Bertz CT molecular complexity index is 1030. The lowest BCUT2D eigenvalue weighted by Crippen LogP contribution is -2.35. The first-order chi connectivity index (χ1) is 15.5. The van der Waals surface area contributed by atoms with E-state index in [1.165, 1.54) is 0 Å². The van der Waals surface area contributed by atoms with Gasteiger partial charge in [0.05, 0.1) is 30.7 Å². The van der Waals surface area contributed by atoms with Crippen molar-refractivity contribution >= 4 is 17.5 Å². The van der Waals surface area contributed by atoms with Crippen LogP contribution in [0.2, 0.25) is 0 Å². The smallest absolute Gasteiger partial charge is 0.324 e. The fraction of sp³-hybridized carbons (Fsp3) is 0.435. The van der Waals surface area contributed by atoms with E-state index in [-0.39, 0.29) is 12.1 Å². The molecule has 1 aliphatic rings. The molecule has 0 unspecified atom stereocenters. The van der Waals surface area contributed by atoms with Crippen molar-refractivity contribution < 1.29 is 9.53 Å². The lowest BCUT2D eigenvalue weighted by atomic mass is 10.0. The zero-order valence-corrected chi connectivity index (χ0v) is 18.8. The van der Waals surface area contributed by atoms with Crippen molar-refractivity contribution in [3.8, 4) is 5.75 Å². The Morgan fingerprint density at radius 2 is 2.00 bits per heavy atom. The van der Waals surface area contributed by atoms with Gasteiger partial charge in [-0.2, -0.15) is 10.2 Å². The minimum absolute atomic E-state index is 0.246. The molecule has 0 saturated carbocycles. The van der Waals surface area contributed by atoms with Gasteiger partial charge in [0.25, 0.3) is 0 Å². The molecule has 2 amide bonds. The van der Waals surface area contributed by atoms with E-state index in [0.717, 1.165) is 43.9 Å². The number of nitrogens with zero attached hydrogens (tertiary/aromatic N) is 4. The Kier molecular flexibility index (Phi) is 6.75. The Morgan fingerprint density at radius 3 is 2.72 bits per heavy atom. The van der Waals surface area contributed by atoms with Crippen LogP contribution in [0, 0.1) is 0 Å². The van der Waals surface area contributed by atoms with Crippen molar-refractivity contribution in [2.75, 3.05) is 30.8 Å². The Hall–Kier alpha value is -3.33. The Morgan fingerprint density at radius 1 is 1.22 bits per heavy atom. The van der Waals surface area contributed by atoms with Gasteiger partial charge in [-0.25, -0.2) is 9.48 Å². The number of piperidine rings is 1. The minimum Gasteiger partial charge on any atom is -0.495 e. The number of aromatic nitrogens is 4. The van der Waals surface area contributed by atoms with Crippen LogP contribution in [-0.2, 0) is 6.54 Å². The number of urea groups is 1. The molecular formula is C23H31N7O2. The summed E-state index contributed by atoms with van der Waals surface area (Å²) in [5, 5.41) is 17.8. The number of carbonyl (C=O) groups is 1. The normalized spacial score (nSPS) is 15.1. The number of nitrogens with one attached hydrogen (secondary N) is 3. The number of rotatable bonds is 7. The number of anilines is 2. The van der Waals surface area contributed by atoms with Gasteiger partial charge in [-0.15, -0.1) is 0 Å². The molecule has 3 N–H and O–H groups in total. The van der Waals surface area contributed by atoms with Crippen LogP contribution in [0.25, 0.3) is 0 Å². The van der Waals surface area contributed by atoms with Crippen molar-refractivity contribution in [2.24, 2.45) is 0 Å². The Balaban J connectivity index is 1.32. The number of amides is 2. The van der Waals surface area contributed by atoms with Gasteiger partial charge in [0.2, 0.25) is 0 Å². The molecule has 1 fully saturated rings. The van der Waals surface area contributed by atoms with E-state index >= 15 is 0 Å². The van der Waals surface area contributed by atoms with Gasteiger partial charge in [0.1, 0.15) is 11.6 Å². The monoisotopic (exact) mass is 437 g/mol. The molecule has 0 atom stereocenters. The number of H-pyrrole nitrogens is 1. The molecule has 3 aromatic rings. The standard InChI is InChI=1S/C23H31N7O2/c1-16(2)20-14-17(27-28-20)15-29-12-9-18(10-13-29)30-22(8-11-24-30)26-23(31)25-19-6-4-5-7-21(19)32-3/h4-8,11,14,16,18H,9-10,12-13,15H2,1-3H3,(H,27,28)(H2,25,26,31). The highest BCUT2D eigenvalue weighted by atomic mass is 16.5. The summed E-state index contributed by atoms with van der Waals surface area (Å²) in [5.74, 6) is 1.73. The first-order valence-corrected chi connectivity index (χ1v) is 11.0. The largest absolute Gasteiger partial charge is 0.495 e. The first kappa shape index (κ1) is 21.9. The predicted molar refractivity (Wildman–Crippen MR) is 124 cm³/mol. The molecule has 0 bridgehead atoms. The summed E-state index contributed by atoms with van der Waals surface area (Å²) in [6, 6.07) is 11.2. The zero-order chi connectivity index (χ0) is 22.5. The molecule has 1 aliphatic heterocycles. The lowest BCUT2D eigenvalue weighted by Gasteiger charge is -2.32. The number of hydrogen-bond acceptors (Lipinski definition) is 5. The van der Waals surface area contributed by atoms with Gasteiger partial charge in [0, 0.05) is 31.4 Å². The number of methoxy groups -OCH3 is 1. The van der Waals surface area contributed by atoms with Crippen molar-refractivity contribution in [2.45, 2.75) is 45.2 Å². The van der Waals surface area contributed by atoms with Crippen LogP contribution in [0.5, 0.6) is 5.75 Å². The highest BCUT2D eigenvalue weighted by Crippen LogP contribution is 2.27. The summed E-state index contributed by atoms with van der Waals surface area (Å²) in [6.07, 6.45) is 3.66. The summed E-state index contributed by atoms with van der Waals surface area (Å²) < 4.78 is 7.22. The number of carbonyl (C=O) groups excluding carboxylic acids is 1. The summed E-state index contributed by atoms with van der Waals surface area (Å²) in [4.78, 5) is 15.0. The molecule has 3 heterocycles. The third-order valence-corrected chi connectivity index (χ3v) is 5.81. The topological polar surface area (TPSA) is 100 Å². The molecule has 1 saturated heterocycles. The number of aromatic amines is 1. The van der Waals surface area contributed by atoms with E-state index in [1.54, 1.807) is 25.4 Å². The third kappa shape index (κ3) is 5.11. The van der Waals surface area contributed by atoms with Crippen molar-refractivity contribution in [1.29, 1.82) is 0 Å². The number of ether oxygens (including phenoxy) is 1. The minimum atomic E-state index is -0.325. The number of hydrogen-bond donors (Lipinski definition) is 3. The number of likely N-dealkylation sites (tertiary alicyclic amines) is 1. The highest BCUT2D eigenvalue weighted by molar-refractivity contribution is 6.00. The second kappa shape index (κ2) is 9.86. The van der Waals surface area contributed by atoms with E-state index in [2.05, 4.69) is 50.7 Å². The maximum Gasteiger partial charge on any atom is 0.324 e. The van der Waals surface area contributed by atoms with Crippen LogP contribution >= 0.6 is 0 Å². The van der Waals surface area contributed by atoms with Gasteiger partial charge >= 0.3 is 6.03 Å². The van der Waals surface area contributed by atoms with Crippen LogP contribution < -0.4 is 15.4 Å². The van der Waals surface area contributed by atoms with Gasteiger partial charge in [-0.05, 0) is 37.0 Å². The van der Waals surface area contributed by atoms with Gasteiger partial charge in [-0.3, -0.25) is 15.3 Å². The average Bonchev–Trinajstić information content (AvgIpc) is 3.44. The van der Waals surface area contributed by atoms with Crippen LogP contribution in [-0.4, -0.2) is 51.1 Å². The van der Waals surface area contributed by atoms with E-state index in [1.807, 2.05) is 22.9 Å². The summed E-state index contributed by atoms with van der Waals surface area (Å²) in [7, 11) is 1.58. The third-order valence-electron chi connectivity index (χ3n) is 5.81. The average molecular weight is 438 g/mol. The zero-order valence-electron chi connectivity index (χ0n) is 18.8. The van der Waals surface area contributed by atoms with Gasteiger partial charge < -0.3 is 10.1 Å². The molecular weight excluding hydrogens is 406 g/mol. The van der Waals surface area contributed by atoms with Crippen molar-refractivity contribution in [3.63, 3.8) is 0 Å². The molecule has 0 spiro atoms. The van der Waals surface area contributed by atoms with Gasteiger partial charge in [0.15, 0.2) is 0 Å². The quantitative estimate of drug-likeness (QED) is 0.514. The Labute approximate surface area is 188 Å². The van der Waals surface area contributed by atoms with Crippen molar-refractivity contribution in [1.82, 2.24) is 24.9 Å². The molecule has 2 aromatic heterocycles. The molecule has 0 radical (unpaired) electrons. The maximum atomic E-state index is 12.6. The molecule has 170 valence electrons.